The largest absolute Gasteiger partial charge is 0.330 e. The minimum atomic E-state index is -0.189. The summed E-state index contributed by atoms with van der Waals surface area (Å²) < 4.78 is 1.48. The van der Waals surface area contributed by atoms with Gasteiger partial charge in [0.25, 0.3) is 0 Å². The number of aromatic nitrogens is 2. The van der Waals surface area contributed by atoms with E-state index in [-0.39, 0.29) is 5.69 Å². The highest BCUT2D eigenvalue weighted by Gasteiger charge is 2.04. The molecule has 0 saturated heterocycles. The summed E-state index contributed by atoms with van der Waals surface area (Å²) in [6, 6.07) is 5.05. The van der Waals surface area contributed by atoms with Gasteiger partial charge in [0.05, 0.1) is 15.7 Å². The van der Waals surface area contributed by atoms with Crippen molar-refractivity contribution in [1.29, 1.82) is 0 Å². The molecule has 0 saturated carbocycles. The summed E-state index contributed by atoms with van der Waals surface area (Å²) in [6.07, 6.45) is 1.71. The molecular weight excluding hydrogens is 235 g/mol. The summed E-state index contributed by atoms with van der Waals surface area (Å²) in [5.74, 6) is 0. The summed E-state index contributed by atoms with van der Waals surface area (Å²) in [6.45, 7) is 1.81. The summed E-state index contributed by atoms with van der Waals surface area (Å²) in [7, 11) is 0. The van der Waals surface area contributed by atoms with Crippen LogP contribution in [0.3, 0.4) is 0 Å². The number of benzene rings is 1. The van der Waals surface area contributed by atoms with Crippen LogP contribution in [0.15, 0.2) is 29.2 Å². The fraction of sp³-hybridized carbons (Fsp3) is 0.100. The van der Waals surface area contributed by atoms with Gasteiger partial charge in [-0.05, 0) is 25.1 Å². The van der Waals surface area contributed by atoms with E-state index in [4.69, 9.17) is 23.2 Å². The summed E-state index contributed by atoms with van der Waals surface area (Å²) in [5.41, 5.74) is 1.30. The highest BCUT2D eigenvalue weighted by molar-refractivity contribution is 6.42. The Hall–Kier alpha value is -1.19. The van der Waals surface area contributed by atoms with Crippen LogP contribution in [0.4, 0.5) is 0 Å². The zero-order valence-electron chi connectivity index (χ0n) is 7.92. The molecule has 0 radical (unpaired) electrons. The van der Waals surface area contributed by atoms with Gasteiger partial charge >= 0.3 is 5.69 Å². The molecule has 1 aromatic carbocycles. The molecule has 2 aromatic rings. The highest BCUT2D eigenvalue weighted by atomic mass is 35.5. The third-order valence-corrected chi connectivity index (χ3v) is 2.77. The van der Waals surface area contributed by atoms with Gasteiger partial charge < -0.3 is 4.98 Å². The van der Waals surface area contributed by atoms with Crippen molar-refractivity contribution >= 4 is 23.2 Å². The van der Waals surface area contributed by atoms with E-state index in [0.29, 0.717) is 15.7 Å². The predicted octanol–water partition coefficient (Wildman–Crippen LogP) is 2.78. The number of hydrogen-bond donors (Lipinski definition) is 1. The molecular formula is C10H8Cl2N2O. The molecule has 5 heteroatoms. The maximum absolute atomic E-state index is 11.5. The van der Waals surface area contributed by atoms with E-state index in [0.717, 1.165) is 5.69 Å². The molecule has 2 rings (SSSR count). The summed E-state index contributed by atoms with van der Waals surface area (Å²) >= 11 is 11.7. The highest BCUT2D eigenvalue weighted by Crippen LogP contribution is 2.23. The van der Waals surface area contributed by atoms with Crippen LogP contribution in [0.1, 0.15) is 5.69 Å². The van der Waals surface area contributed by atoms with Gasteiger partial charge in [0.2, 0.25) is 0 Å². The predicted molar refractivity (Wildman–Crippen MR) is 61.1 cm³/mol. The molecule has 0 fully saturated rings. The Morgan fingerprint density at radius 3 is 2.53 bits per heavy atom. The number of aryl methyl sites for hydroxylation is 1. The second kappa shape index (κ2) is 3.76. The van der Waals surface area contributed by atoms with Crippen LogP contribution in [-0.2, 0) is 0 Å². The van der Waals surface area contributed by atoms with Gasteiger partial charge in [-0.2, -0.15) is 0 Å². The summed E-state index contributed by atoms with van der Waals surface area (Å²) in [5, 5.41) is 0.903. The number of hydrogen-bond acceptors (Lipinski definition) is 1. The molecule has 3 nitrogen and oxygen atoms in total. The lowest BCUT2D eigenvalue weighted by Crippen LogP contribution is -2.13. The van der Waals surface area contributed by atoms with Gasteiger partial charge in [-0.1, -0.05) is 23.2 Å². The molecule has 78 valence electrons. The lowest BCUT2D eigenvalue weighted by Gasteiger charge is -2.02. The first-order valence-electron chi connectivity index (χ1n) is 4.31. The first-order valence-corrected chi connectivity index (χ1v) is 5.07. The second-order valence-corrected chi connectivity index (χ2v) is 4.03. The Morgan fingerprint density at radius 2 is 2.00 bits per heavy atom. The van der Waals surface area contributed by atoms with Gasteiger partial charge in [0.15, 0.2) is 0 Å². The molecule has 0 aliphatic heterocycles. The SMILES string of the molecule is Cc1cn(-c2ccc(Cl)c(Cl)c2)c(=O)[nH]1. The number of H-pyrrole nitrogens is 1. The van der Waals surface area contributed by atoms with Crippen molar-refractivity contribution in [2.75, 3.05) is 0 Å². The lowest BCUT2D eigenvalue weighted by atomic mass is 10.3. The quantitative estimate of drug-likeness (QED) is 0.821. The molecule has 0 atom stereocenters. The van der Waals surface area contributed by atoms with Crippen molar-refractivity contribution < 1.29 is 0 Å². The van der Waals surface area contributed by atoms with Crippen LogP contribution >= 0.6 is 23.2 Å². The molecule has 1 aromatic heterocycles. The fourth-order valence-corrected chi connectivity index (χ4v) is 1.63. The van der Waals surface area contributed by atoms with E-state index in [1.165, 1.54) is 4.57 Å². The van der Waals surface area contributed by atoms with Crippen molar-refractivity contribution in [3.63, 3.8) is 0 Å². The van der Waals surface area contributed by atoms with Gasteiger partial charge in [0.1, 0.15) is 0 Å². The van der Waals surface area contributed by atoms with E-state index in [1.54, 1.807) is 24.4 Å². The zero-order valence-corrected chi connectivity index (χ0v) is 9.43. The van der Waals surface area contributed by atoms with E-state index in [9.17, 15) is 4.79 Å². The third kappa shape index (κ3) is 1.94. The maximum atomic E-state index is 11.5. The number of nitrogens with one attached hydrogen (secondary N) is 1. The molecule has 0 unspecified atom stereocenters. The van der Waals surface area contributed by atoms with Crippen LogP contribution in [0.2, 0.25) is 10.0 Å². The molecule has 0 aliphatic carbocycles. The Balaban J connectivity index is 2.59. The normalized spacial score (nSPS) is 10.6. The van der Waals surface area contributed by atoms with Gasteiger partial charge in [0, 0.05) is 11.9 Å². The molecule has 15 heavy (non-hydrogen) atoms. The smallest absolute Gasteiger partial charge is 0.310 e. The van der Waals surface area contributed by atoms with E-state index < -0.39 is 0 Å². The molecule has 0 bridgehead atoms. The number of rotatable bonds is 1. The third-order valence-electron chi connectivity index (χ3n) is 2.03. The van der Waals surface area contributed by atoms with Crippen molar-refractivity contribution in [3.05, 3.63) is 50.6 Å². The van der Waals surface area contributed by atoms with E-state index in [2.05, 4.69) is 4.98 Å². The van der Waals surface area contributed by atoms with Gasteiger partial charge in [-0.15, -0.1) is 0 Å². The Bertz CT molecular complexity index is 557. The van der Waals surface area contributed by atoms with Crippen LogP contribution in [0, 0.1) is 6.92 Å². The molecule has 0 aliphatic rings. The van der Waals surface area contributed by atoms with Crippen LogP contribution in [0.25, 0.3) is 5.69 Å². The Morgan fingerprint density at radius 1 is 1.27 bits per heavy atom. The first kappa shape index (κ1) is 10.3. The number of aromatic amines is 1. The van der Waals surface area contributed by atoms with Crippen LogP contribution in [-0.4, -0.2) is 9.55 Å². The fourth-order valence-electron chi connectivity index (χ4n) is 1.34. The first-order chi connectivity index (χ1) is 7.08. The van der Waals surface area contributed by atoms with E-state index >= 15 is 0 Å². The number of imidazole rings is 1. The monoisotopic (exact) mass is 242 g/mol. The number of halogens is 2. The minimum absolute atomic E-state index is 0.189. The lowest BCUT2D eigenvalue weighted by molar-refractivity contribution is 0.987. The van der Waals surface area contributed by atoms with Crippen molar-refractivity contribution in [3.8, 4) is 5.69 Å². The Labute approximate surface area is 96.3 Å². The van der Waals surface area contributed by atoms with Crippen molar-refractivity contribution in [2.24, 2.45) is 0 Å². The molecule has 1 heterocycles. The van der Waals surface area contributed by atoms with Gasteiger partial charge in [-0.3, -0.25) is 4.57 Å². The zero-order chi connectivity index (χ0) is 11.0. The minimum Gasteiger partial charge on any atom is -0.310 e. The molecule has 0 amide bonds. The Kier molecular flexibility index (Phi) is 2.59. The topological polar surface area (TPSA) is 37.8 Å². The van der Waals surface area contributed by atoms with Crippen LogP contribution < -0.4 is 5.69 Å². The second-order valence-electron chi connectivity index (χ2n) is 3.21. The van der Waals surface area contributed by atoms with Crippen molar-refractivity contribution in [1.82, 2.24) is 9.55 Å². The average molecular weight is 243 g/mol. The van der Waals surface area contributed by atoms with Gasteiger partial charge in [-0.25, -0.2) is 4.79 Å². The van der Waals surface area contributed by atoms with Crippen LogP contribution in [0.5, 0.6) is 0 Å². The standard InChI is InChI=1S/C10H8Cl2N2O/c1-6-5-14(10(15)13-6)7-2-3-8(11)9(12)4-7/h2-5H,1H3,(H,13,15). The summed E-state index contributed by atoms with van der Waals surface area (Å²) in [4.78, 5) is 14.1. The molecule has 0 spiro atoms. The average Bonchev–Trinajstić information content (AvgIpc) is 2.50. The van der Waals surface area contributed by atoms with Crippen molar-refractivity contribution in [2.45, 2.75) is 6.92 Å². The van der Waals surface area contributed by atoms with E-state index in [1.807, 2.05) is 6.92 Å². The number of nitrogens with zero attached hydrogens (tertiary/aromatic N) is 1. The maximum Gasteiger partial charge on any atom is 0.330 e. The molecule has 1 N–H and O–H groups in total.